The Balaban J connectivity index is 2.45. The summed E-state index contributed by atoms with van der Waals surface area (Å²) in [6, 6.07) is 0. The second-order valence-electron chi connectivity index (χ2n) is 4.11. The van der Waals surface area contributed by atoms with Crippen LogP contribution in [-0.4, -0.2) is 17.3 Å². The van der Waals surface area contributed by atoms with Crippen LogP contribution in [0.15, 0.2) is 23.8 Å². The number of allylic oxidation sites excluding steroid dienone is 4. The van der Waals surface area contributed by atoms with Crippen molar-refractivity contribution in [1.29, 1.82) is 5.41 Å². The van der Waals surface area contributed by atoms with Gasteiger partial charge in [0.05, 0.1) is 5.92 Å². The highest BCUT2D eigenvalue weighted by Gasteiger charge is 2.43. The normalized spacial score (nSPS) is 27.7. The van der Waals surface area contributed by atoms with E-state index in [1.54, 1.807) is 0 Å². The number of nitrogens with one attached hydrogen (secondary N) is 1. The summed E-state index contributed by atoms with van der Waals surface area (Å²) in [5.41, 5.74) is 1.12. The maximum atomic E-state index is 10.6. The molecule has 0 amide bonds. The van der Waals surface area contributed by atoms with Crippen molar-refractivity contribution in [1.82, 2.24) is 0 Å². The molecule has 2 N–H and O–H groups in total. The molecule has 0 aliphatic heterocycles. The second-order valence-corrected chi connectivity index (χ2v) is 4.11. The van der Waals surface area contributed by atoms with Gasteiger partial charge in [0.2, 0.25) is 0 Å². The van der Waals surface area contributed by atoms with E-state index in [1.165, 1.54) is 6.21 Å². The summed E-state index contributed by atoms with van der Waals surface area (Å²) in [7, 11) is 0. The molecule has 0 aromatic carbocycles. The first-order valence-corrected chi connectivity index (χ1v) is 5.14. The number of rotatable bonds is 5. The fourth-order valence-corrected chi connectivity index (χ4v) is 1.53. The van der Waals surface area contributed by atoms with Gasteiger partial charge in [-0.3, -0.25) is 4.79 Å². The van der Waals surface area contributed by atoms with Crippen LogP contribution in [0.2, 0.25) is 0 Å². The fraction of sp³-hybridized carbons (Fsp3) is 0.500. The quantitative estimate of drug-likeness (QED) is 0.537. The van der Waals surface area contributed by atoms with Crippen molar-refractivity contribution in [2.24, 2.45) is 17.8 Å². The summed E-state index contributed by atoms with van der Waals surface area (Å²) in [6.07, 6.45) is 7.92. The zero-order valence-electron chi connectivity index (χ0n) is 9.10. The summed E-state index contributed by atoms with van der Waals surface area (Å²) in [4.78, 5) is 10.6. The van der Waals surface area contributed by atoms with Crippen LogP contribution in [0.25, 0.3) is 0 Å². The molecule has 0 radical (unpaired) electrons. The van der Waals surface area contributed by atoms with E-state index >= 15 is 0 Å². The number of carbonyl (C=O) groups is 1. The number of aliphatic carboxylic acids is 1. The maximum absolute atomic E-state index is 10.6. The van der Waals surface area contributed by atoms with Crippen molar-refractivity contribution in [3.8, 4) is 0 Å². The van der Waals surface area contributed by atoms with Gasteiger partial charge in [-0.15, -0.1) is 0 Å². The number of hydrogen-bond acceptors (Lipinski definition) is 2. The minimum atomic E-state index is -0.690. The summed E-state index contributed by atoms with van der Waals surface area (Å²) in [5.74, 6) is -0.495. The Morgan fingerprint density at radius 3 is 2.67 bits per heavy atom. The Labute approximate surface area is 90.0 Å². The first kappa shape index (κ1) is 11.7. The van der Waals surface area contributed by atoms with Gasteiger partial charge in [0, 0.05) is 12.1 Å². The predicted molar refractivity (Wildman–Crippen MR) is 60.1 cm³/mol. The Kier molecular flexibility index (Phi) is 3.83. The summed E-state index contributed by atoms with van der Waals surface area (Å²) in [6.45, 7) is 3.90. The summed E-state index contributed by atoms with van der Waals surface area (Å²) < 4.78 is 0. The molecule has 1 aliphatic rings. The molecule has 3 atom stereocenters. The zero-order chi connectivity index (χ0) is 11.4. The highest BCUT2D eigenvalue weighted by molar-refractivity contribution is 5.74. The maximum Gasteiger partial charge on any atom is 0.307 e. The van der Waals surface area contributed by atoms with Crippen LogP contribution >= 0.6 is 0 Å². The summed E-state index contributed by atoms with van der Waals surface area (Å²) in [5, 5.41) is 15.8. The predicted octanol–water partition coefficient (Wildman–Crippen LogP) is 2.50. The molecule has 1 saturated carbocycles. The molecule has 0 heterocycles. The van der Waals surface area contributed by atoms with Crippen molar-refractivity contribution in [3.05, 3.63) is 23.8 Å². The zero-order valence-corrected chi connectivity index (χ0v) is 9.10. The van der Waals surface area contributed by atoms with E-state index in [4.69, 9.17) is 10.5 Å². The number of carboxylic acids is 1. The Bertz CT molecular complexity index is 318. The highest BCUT2D eigenvalue weighted by atomic mass is 16.4. The first-order valence-electron chi connectivity index (χ1n) is 5.14. The molecule has 3 nitrogen and oxygen atoms in total. The smallest absolute Gasteiger partial charge is 0.307 e. The van der Waals surface area contributed by atoms with E-state index in [9.17, 15) is 4.79 Å². The SMILES string of the molecule is CC(=CC=CC(C)C=N)C1CC1C(=O)O. The molecule has 1 rings (SSSR count). The monoisotopic (exact) mass is 207 g/mol. The van der Waals surface area contributed by atoms with Gasteiger partial charge in [-0.1, -0.05) is 30.7 Å². The van der Waals surface area contributed by atoms with Crippen molar-refractivity contribution in [2.45, 2.75) is 20.3 Å². The van der Waals surface area contributed by atoms with Gasteiger partial charge in [0.1, 0.15) is 0 Å². The third-order valence-electron chi connectivity index (χ3n) is 2.73. The molecular weight excluding hydrogens is 190 g/mol. The molecule has 1 aliphatic carbocycles. The number of carboxylic acid groups (broad SMARTS) is 1. The lowest BCUT2D eigenvalue weighted by Gasteiger charge is -1.96. The van der Waals surface area contributed by atoms with Crippen LogP contribution in [0.3, 0.4) is 0 Å². The van der Waals surface area contributed by atoms with Crippen molar-refractivity contribution < 1.29 is 9.90 Å². The van der Waals surface area contributed by atoms with Crippen LogP contribution in [0.1, 0.15) is 20.3 Å². The van der Waals surface area contributed by atoms with Gasteiger partial charge in [-0.25, -0.2) is 0 Å². The Morgan fingerprint density at radius 2 is 2.20 bits per heavy atom. The second kappa shape index (κ2) is 4.91. The van der Waals surface area contributed by atoms with Crippen LogP contribution in [0, 0.1) is 23.2 Å². The standard InChI is InChI=1S/C12H17NO2/c1-8(7-13)4-3-5-9(2)10-6-11(10)12(14)15/h3-5,7-8,10-11,13H,6H2,1-2H3,(H,14,15). The van der Waals surface area contributed by atoms with Crippen LogP contribution < -0.4 is 0 Å². The van der Waals surface area contributed by atoms with Crippen LogP contribution in [-0.2, 0) is 4.79 Å². The Morgan fingerprint density at radius 1 is 1.53 bits per heavy atom. The molecule has 0 aromatic heterocycles. The fourth-order valence-electron chi connectivity index (χ4n) is 1.53. The molecule has 3 heteroatoms. The van der Waals surface area contributed by atoms with E-state index in [0.29, 0.717) is 0 Å². The Hall–Kier alpha value is -1.38. The third-order valence-corrected chi connectivity index (χ3v) is 2.73. The van der Waals surface area contributed by atoms with Crippen molar-refractivity contribution in [3.63, 3.8) is 0 Å². The molecule has 1 fully saturated rings. The molecule has 82 valence electrons. The lowest BCUT2D eigenvalue weighted by atomic mass is 10.1. The molecule has 0 aromatic rings. The van der Waals surface area contributed by atoms with Crippen molar-refractivity contribution in [2.75, 3.05) is 0 Å². The van der Waals surface area contributed by atoms with Gasteiger partial charge in [0.15, 0.2) is 0 Å². The van der Waals surface area contributed by atoms with Crippen LogP contribution in [0.4, 0.5) is 0 Å². The van der Waals surface area contributed by atoms with Crippen LogP contribution in [0.5, 0.6) is 0 Å². The van der Waals surface area contributed by atoms with Gasteiger partial charge < -0.3 is 10.5 Å². The van der Waals surface area contributed by atoms with E-state index in [-0.39, 0.29) is 17.8 Å². The number of hydrogen-bond donors (Lipinski definition) is 2. The molecule has 3 unspecified atom stereocenters. The topological polar surface area (TPSA) is 61.2 Å². The third kappa shape index (κ3) is 3.35. The minimum Gasteiger partial charge on any atom is -0.481 e. The first-order chi connectivity index (χ1) is 7.06. The van der Waals surface area contributed by atoms with Gasteiger partial charge in [0.25, 0.3) is 0 Å². The van der Waals surface area contributed by atoms with E-state index < -0.39 is 5.97 Å². The largest absolute Gasteiger partial charge is 0.481 e. The molecular formula is C12H17NO2. The van der Waals surface area contributed by atoms with Gasteiger partial charge in [-0.2, -0.15) is 0 Å². The summed E-state index contributed by atoms with van der Waals surface area (Å²) >= 11 is 0. The van der Waals surface area contributed by atoms with E-state index in [2.05, 4.69) is 0 Å². The lowest BCUT2D eigenvalue weighted by Crippen LogP contribution is -1.99. The molecule has 0 spiro atoms. The van der Waals surface area contributed by atoms with Gasteiger partial charge in [-0.05, 0) is 19.3 Å². The van der Waals surface area contributed by atoms with Gasteiger partial charge >= 0.3 is 5.97 Å². The average Bonchev–Trinajstić information content (AvgIpc) is 2.96. The molecule has 0 saturated heterocycles. The molecule has 15 heavy (non-hydrogen) atoms. The van der Waals surface area contributed by atoms with Crippen molar-refractivity contribution >= 4 is 12.2 Å². The average molecular weight is 207 g/mol. The molecule has 0 bridgehead atoms. The van der Waals surface area contributed by atoms with E-state index in [1.807, 2.05) is 32.1 Å². The minimum absolute atomic E-state index is 0.142. The lowest BCUT2D eigenvalue weighted by molar-refractivity contribution is -0.138. The van der Waals surface area contributed by atoms with E-state index in [0.717, 1.165) is 12.0 Å². The highest BCUT2D eigenvalue weighted by Crippen LogP contribution is 2.44.